The van der Waals surface area contributed by atoms with Crippen molar-refractivity contribution in [2.24, 2.45) is 0 Å². The summed E-state index contributed by atoms with van der Waals surface area (Å²) in [4.78, 5) is 20.5. The van der Waals surface area contributed by atoms with Crippen LogP contribution in [0, 0.1) is 0 Å². The first kappa shape index (κ1) is 17.3. The van der Waals surface area contributed by atoms with Crippen LogP contribution in [0.3, 0.4) is 0 Å². The first-order valence-electron chi connectivity index (χ1n) is 8.46. The van der Waals surface area contributed by atoms with Crippen molar-refractivity contribution < 1.29 is 14.7 Å². The van der Waals surface area contributed by atoms with E-state index in [9.17, 15) is 4.79 Å². The molecule has 1 fully saturated rings. The molecule has 0 atom stereocenters. The Morgan fingerprint density at radius 3 is 3.00 bits per heavy atom. The van der Waals surface area contributed by atoms with Gasteiger partial charge < -0.3 is 9.64 Å². The highest BCUT2D eigenvalue weighted by Gasteiger charge is 2.37. The standard InChI is InChI=1S/C17H26N4O3/c1-17(11-20(2)12-17)24-7-3-5-21-6-4-13-8-14(16(22)19-23)9-18-15(13)10-21/h8-9,23H,3-7,10-12H2,1-2H3,(H,19,22). The minimum absolute atomic E-state index is 0.0362. The Kier molecular flexibility index (Phi) is 5.15. The maximum Gasteiger partial charge on any atom is 0.276 e. The van der Waals surface area contributed by atoms with E-state index in [4.69, 9.17) is 9.94 Å². The molecule has 24 heavy (non-hydrogen) atoms. The number of carbonyl (C=O) groups is 1. The average molecular weight is 334 g/mol. The van der Waals surface area contributed by atoms with Gasteiger partial charge in [-0.3, -0.25) is 19.9 Å². The van der Waals surface area contributed by atoms with E-state index < -0.39 is 5.91 Å². The lowest BCUT2D eigenvalue weighted by molar-refractivity contribution is -0.124. The number of hydrogen-bond donors (Lipinski definition) is 2. The number of amides is 1. The van der Waals surface area contributed by atoms with Crippen LogP contribution >= 0.6 is 0 Å². The number of ether oxygens (including phenoxy) is 1. The molecule has 2 aliphatic rings. The highest BCUT2D eigenvalue weighted by atomic mass is 16.5. The van der Waals surface area contributed by atoms with Crippen molar-refractivity contribution in [3.63, 3.8) is 0 Å². The van der Waals surface area contributed by atoms with Gasteiger partial charge in [0.25, 0.3) is 5.91 Å². The second-order valence-electron chi connectivity index (χ2n) is 7.12. The van der Waals surface area contributed by atoms with Gasteiger partial charge in [0.15, 0.2) is 0 Å². The van der Waals surface area contributed by atoms with Crippen molar-refractivity contribution >= 4 is 5.91 Å². The first-order valence-corrected chi connectivity index (χ1v) is 8.46. The van der Waals surface area contributed by atoms with E-state index >= 15 is 0 Å². The summed E-state index contributed by atoms with van der Waals surface area (Å²) < 4.78 is 6.00. The molecule has 0 aliphatic carbocycles. The molecule has 0 saturated carbocycles. The summed E-state index contributed by atoms with van der Waals surface area (Å²) in [5.41, 5.74) is 4.19. The molecule has 7 nitrogen and oxygen atoms in total. The third-order valence-corrected chi connectivity index (χ3v) is 4.77. The summed E-state index contributed by atoms with van der Waals surface area (Å²) in [5.74, 6) is -0.514. The molecule has 2 N–H and O–H groups in total. The Hall–Kier alpha value is -1.54. The number of fused-ring (bicyclic) bond motifs is 1. The molecule has 1 aromatic rings. The zero-order valence-corrected chi connectivity index (χ0v) is 14.4. The third-order valence-electron chi connectivity index (χ3n) is 4.77. The molecule has 3 rings (SSSR count). The van der Waals surface area contributed by atoms with E-state index in [1.54, 1.807) is 5.48 Å². The van der Waals surface area contributed by atoms with Crippen LogP contribution in [0.25, 0.3) is 0 Å². The average Bonchev–Trinajstić information content (AvgIpc) is 2.56. The monoisotopic (exact) mass is 334 g/mol. The normalized spacial score (nSPS) is 20.3. The van der Waals surface area contributed by atoms with Gasteiger partial charge in [-0.2, -0.15) is 0 Å². The van der Waals surface area contributed by atoms with Gasteiger partial charge in [0.2, 0.25) is 0 Å². The number of pyridine rings is 1. The van der Waals surface area contributed by atoms with Gasteiger partial charge in [-0.25, -0.2) is 5.48 Å². The molecule has 0 aromatic carbocycles. The van der Waals surface area contributed by atoms with E-state index in [0.717, 1.165) is 63.4 Å². The topological polar surface area (TPSA) is 77.9 Å². The van der Waals surface area contributed by atoms with Crippen molar-refractivity contribution in [3.05, 3.63) is 29.1 Å². The summed E-state index contributed by atoms with van der Waals surface area (Å²) in [6.45, 7) is 7.74. The molecule has 2 aliphatic heterocycles. The van der Waals surface area contributed by atoms with Crippen molar-refractivity contribution in [3.8, 4) is 0 Å². The zero-order chi connectivity index (χ0) is 17.2. The fraction of sp³-hybridized carbons (Fsp3) is 0.647. The predicted molar refractivity (Wildman–Crippen MR) is 88.9 cm³/mol. The number of likely N-dealkylation sites (tertiary alicyclic amines) is 1. The minimum Gasteiger partial charge on any atom is -0.373 e. The van der Waals surface area contributed by atoms with Crippen LogP contribution < -0.4 is 5.48 Å². The van der Waals surface area contributed by atoms with E-state index in [2.05, 4.69) is 28.8 Å². The number of hydroxylamine groups is 1. The number of rotatable bonds is 6. The van der Waals surface area contributed by atoms with Crippen molar-refractivity contribution in [2.75, 3.05) is 39.8 Å². The number of aromatic nitrogens is 1. The van der Waals surface area contributed by atoms with Gasteiger partial charge in [-0.05, 0) is 38.4 Å². The summed E-state index contributed by atoms with van der Waals surface area (Å²) in [6, 6.07) is 1.82. The smallest absolute Gasteiger partial charge is 0.276 e. The molecule has 0 radical (unpaired) electrons. The molecule has 0 unspecified atom stereocenters. The Labute approximate surface area is 142 Å². The van der Waals surface area contributed by atoms with E-state index in [1.807, 2.05) is 6.07 Å². The molecule has 0 bridgehead atoms. The van der Waals surface area contributed by atoms with Gasteiger partial charge in [-0.15, -0.1) is 0 Å². The third kappa shape index (κ3) is 3.92. The maximum atomic E-state index is 11.4. The molecule has 1 saturated heterocycles. The summed E-state index contributed by atoms with van der Waals surface area (Å²) in [7, 11) is 2.11. The van der Waals surface area contributed by atoms with Gasteiger partial charge >= 0.3 is 0 Å². The summed E-state index contributed by atoms with van der Waals surface area (Å²) >= 11 is 0. The van der Waals surface area contributed by atoms with Gasteiger partial charge in [-0.1, -0.05) is 0 Å². The minimum atomic E-state index is -0.514. The molecule has 7 heteroatoms. The predicted octanol–water partition coefficient (Wildman–Crippen LogP) is 0.670. The van der Waals surface area contributed by atoms with Crippen LogP contribution in [0.15, 0.2) is 12.3 Å². The second kappa shape index (κ2) is 7.14. The summed E-state index contributed by atoms with van der Waals surface area (Å²) in [5, 5.41) is 8.70. The molecular weight excluding hydrogens is 308 g/mol. The fourth-order valence-electron chi connectivity index (χ4n) is 3.64. The van der Waals surface area contributed by atoms with Crippen LogP contribution in [-0.2, 0) is 17.7 Å². The van der Waals surface area contributed by atoms with Crippen LogP contribution in [0.1, 0.15) is 35.0 Å². The van der Waals surface area contributed by atoms with Crippen molar-refractivity contribution in [1.29, 1.82) is 0 Å². The van der Waals surface area contributed by atoms with Crippen molar-refractivity contribution in [2.45, 2.75) is 31.9 Å². The number of hydrogen-bond acceptors (Lipinski definition) is 6. The zero-order valence-electron chi connectivity index (χ0n) is 14.4. The molecule has 1 aromatic heterocycles. The van der Waals surface area contributed by atoms with Crippen molar-refractivity contribution in [1.82, 2.24) is 20.3 Å². The number of nitrogens with one attached hydrogen (secondary N) is 1. The van der Waals surface area contributed by atoms with Crippen LogP contribution in [0.2, 0.25) is 0 Å². The summed E-state index contributed by atoms with van der Waals surface area (Å²) in [6.07, 6.45) is 3.41. The largest absolute Gasteiger partial charge is 0.373 e. The first-order chi connectivity index (χ1) is 11.5. The molecule has 3 heterocycles. The quantitative estimate of drug-likeness (QED) is 0.452. The highest BCUT2D eigenvalue weighted by Crippen LogP contribution is 2.23. The van der Waals surface area contributed by atoms with E-state index in [0.29, 0.717) is 5.56 Å². The van der Waals surface area contributed by atoms with Gasteiger partial charge in [0.1, 0.15) is 0 Å². The molecule has 0 spiro atoms. The lowest BCUT2D eigenvalue weighted by Gasteiger charge is -2.45. The molecule has 132 valence electrons. The molecule has 1 amide bonds. The van der Waals surface area contributed by atoms with E-state index in [-0.39, 0.29) is 5.60 Å². The number of likely N-dealkylation sites (N-methyl/N-ethyl adjacent to an activating group) is 1. The van der Waals surface area contributed by atoms with Gasteiger partial charge in [0.05, 0.1) is 16.9 Å². The lowest BCUT2D eigenvalue weighted by Crippen LogP contribution is -2.59. The van der Waals surface area contributed by atoms with E-state index in [1.165, 1.54) is 6.20 Å². The fourth-order valence-corrected chi connectivity index (χ4v) is 3.64. The highest BCUT2D eigenvalue weighted by molar-refractivity contribution is 5.93. The second-order valence-corrected chi connectivity index (χ2v) is 7.12. The molecular formula is C17H26N4O3. The maximum absolute atomic E-state index is 11.4. The van der Waals surface area contributed by atoms with Crippen LogP contribution in [0.4, 0.5) is 0 Å². The van der Waals surface area contributed by atoms with Crippen LogP contribution in [0.5, 0.6) is 0 Å². The van der Waals surface area contributed by atoms with Gasteiger partial charge in [0, 0.05) is 45.5 Å². The number of carbonyl (C=O) groups excluding carboxylic acids is 1. The SMILES string of the molecule is CN1CC(C)(OCCCN2CCc3cc(C(=O)NO)cnc3C2)C1. The van der Waals surface area contributed by atoms with Crippen LogP contribution in [-0.4, -0.2) is 71.3 Å². The Balaban J connectivity index is 1.44. The Morgan fingerprint density at radius 1 is 1.50 bits per heavy atom. The number of nitrogens with zero attached hydrogens (tertiary/aromatic N) is 3. The Morgan fingerprint density at radius 2 is 2.29 bits per heavy atom. The Bertz CT molecular complexity index is 601. The lowest BCUT2D eigenvalue weighted by atomic mass is 9.97.